The Morgan fingerprint density at radius 1 is 1.30 bits per heavy atom. The molecular formula is C20H20F2N6O2. The summed E-state index contributed by atoms with van der Waals surface area (Å²) in [6.45, 7) is -1.82. The predicted molar refractivity (Wildman–Crippen MR) is 105 cm³/mol. The van der Waals surface area contributed by atoms with Gasteiger partial charge in [0, 0.05) is 44.1 Å². The summed E-state index contributed by atoms with van der Waals surface area (Å²) in [5, 5.41) is 7.04. The monoisotopic (exact) mass is 414 g/mol. The fourth-order valence-corrected chi connectivity index (χ4v) is 3.39. The standard InChI is InChI=1S/C20H20F2N6O2/c1-27-11-13(10-24-27)16-6-8-23-20(26-16)28-9-7-14(12-28)25-18(29)15-4-2-3-5-17(15)30-19(21)22/h2-6,8,10-11,14,19H,7,9,12H2,1H3,(H,25,29). The van der Waals surface area contributed by atoms with Gasteiger partial charge < -0.3 is 15.0 Å². The molecule has 156 valence electrons. The molecule has 3 heterocycles. The summed E-state index contributed by atoms with van der Waals surface area (Å²) in [4.78, 5) is 23.5. The number of anilines is 1. The molecule has 1 fully saturated rings. The van der Waals surface area contributed by atoms with Gasteiger partial charge in [0.05, 0.1) is 17.5 Å². The Morgan fingerprint density at radius 3 is 2.90 bits per heavy atom. The molecule has 1 aliphatic rings. The van der Waals surface area contributed by atoms with Gasteiger partial charge in [-0.25, -0.2) is 9.97 Å². The van der Waals surface area contributed by atoms with Gasteiger partial charge in [0.15, 0.2) is 0 Å². The summed E-state index contributed by atoms with van der Waals surface area (Å²) in [7, 11) is 1.84. The first-order chi connectivity index (χ1) is 14.5. The maximum atomic E-state index is 12.6. The van der Waals surface area contributed by atoms with Gasteiger partial charge in [-0.15, -0.1) is 0 Å². The number of carbonyl (C=O) groups is 1. The maximum Gasteiger partial charge on any atom is 0.387 e. The minimum absolute atomic E-state index is 0.0751. The van der Waals surface area contributed by atoms with Crippen molar-refractivity contribution in [2.75, 3.05) is 18.0 Å². The predicted octanol–water partition coefficient (Wildman–Crippen LogP) is 2.49. The van der Waals surface area contributed by atoms with E-state index >= 15 is 0 Å². The third-order valence-corrected chi connectivity index (χ3v) is 4.80. The number of alkyl halides is 2. The van der Waals surface area contributed by atoms with E-state index in [0.29, 0.717) is 25.5 Å². The van der Waals surface area contributed by atoms with Crippen molar-refractivity contribution < 1.29 is 18.3 Å². The number of carbonyl (C=O) groups excluding carboxylic acids is 1. The van der Waals surface area contributed by atoms with Crippen LogP contribution in [0.2, 0.25) is 0 Å². The Hall–Kier alpha value is -3.56. The van der Waals surface area contributed by atoms with Crippen LogP contribution in [-0.2, 0) is 7.05 Å². The van der Waals surface area contributed by atoms with Crippen LogP contribution < -0.4 is 15.0 Å². The van der Waals surface area contributed by atoms with E-state index in [9.17, 15) is 13.6 Å². The molecule has 1 aliphatic heterocycles. The van der Waals surface area contributed by atoms with Gasteiger partial charge in [0.25, 0.3) is 5.91 Å². The van der Waals surface area contributed by atoms with Crippen molar-refractivity contribution in [2.45, 2.75) is 19.1 Å². The first-order valence-electron chi connectivity index (χ1n) is 9.41. The van der Waals surface area contributed by atoms with E-state index in [0.717, 1.165) is 11.3 Å². The first-order valence-corrected chi connectivity index (χ1v) is 9.41. The topological polar surface area (TPSA) is 85.2 Å². The van der Waals surface area contributed by atoms with Crippen LogP contribution in [0.4, 0.5) is 14.7 Å². The third-order valence-electron chi connectivity index (χ3n) is 4.80. The van der Waals surface area contributed by atoms with Crippen molar-refractivity contribution in [1.82, 2.24) is 25.1 Å². The van der Waals surface area contributed by atoms with Crippen molar-refractivity contribution in [3.05, 3.63) is 54.5 Å². The SMILES string of the molecule is Cn1cc(-c2ccnc(N3CCC(NC(=O)c4ccccc4OC(F)F)C3)n2)cn1. The van der Waals surface area contributed by atoms with Gasteiger partial charge >= 0.3 is 6.61 Å². The summed E-state index contributed by atoms with van der Waals surface area (Å²) in [6, 6.07) is 7.60. The van der Waals surface area contributed by atoms with E-state index in [4.69, 9.17) is 0 Å². The summed E-state index contributed by atoms with van der Waals surface area (Å²) in [5.41, 5.74) is 1.73. The highest BCUT2D eigenvalue weighted by molar-refractivity contribution is 5.97. The molecule has 1 amide bonds. The molecule has 0 radical (unpaired) electrons. The van der Waals surface area contributed by atoms with Crippen LogP contribution in [0.25, 0.3) is 11.3 Å². The number of aromatic nitrogens is 4. The Bertz CT molecular complexity index is 1040. The van der Waals surface area contributed by atoms with E-state index in [2.05, 4.69) is 25.1 Å². The number of hydrogen-bond donors (Lipinski definition) is 1. The summed E-state index contributed by atoms with van der Waals surface area (Å²) in [6.07, 6.45) is 5.98. The number of aryl methyl sites for hydroxylation is 1. The number of rotatable bonds is 6. The molecule has 1 unspecified atom stereocenters. The molecule has 0 spiro atoms. The first kappa shape index (κ1) is 19.7. The van der Waals surface area contributed by atoms with E-state index < -0.39 is 12.5 Å². The minimum atomic E-state index is -3.00. The lowest BCUT2D eigenvalue weighted by molar-refractivity contribution is -0.0501. The molecule has 1 N–H and O–H groups in total. The lowest BCUT2D eigenvalue weighted by Gasteiger charge is -2.18. The number of ether oxygens (including phenoxy) is 1. The average Bonchev–Trinajstić information content (AvgIpc) is 3.37. The Kier molecular flexibility index (Phi) is 5.55. The van der Waals surface area contributed by atoms with Crippen LogP contribution in [-0.4, -0.2) is 51.4 Å². The summed E-state index contributed by atoms with van der Waals surface area (Å²) >= 11 is 0. The molecule has 1 atom stereocenters. The van der Waals surface area contributed by atoms with E-state index in [1.165, 1.54) is 12.1 Å². The fourth-order valence-electron chi connectivity index (χ4n) is 3.39. The molecule has 0 saturated carbocycles. The fraction of sp³-hybridized carbons (Fsp3) is 0.300. The summed E-state index contributed by atoms with van der Waals surface area (Å²) < 4.78 is 31.3. The normalized spacial score (nSPS) is 16.1. The molecular weight excluding hydrogens is 394 g/mol. The van der Waals surface area contributed by atoms with Crippen LogP contribution >= 0.6 is 0 Å². The molecule has 3 aromatic rings. The van der Waals surface area contributed by atoms with E-state index in [1.54, 1.807) is 29.2 Å². The van der Waals surface area contributed by atoms with E-state index in [-0.39, 0.29) is 17.4 Å². The lowest BCUT2D eigenvalue weighted by Crippen LogP contribution is -2.37. The Balaban J connectivity index is 1.43. The molecule has 2 aromatic heterocycles. The number of hydrogen-bond acceptors (Lipinski definition) is 6. The number of benzene rings is 1. The number of amides is 1. The number of para-hydroxylation sites is 1. The number of nitrogens with one attached hydrogen (secondary N) is 1. The van der Waals surface area contributed by atoms with Crippen LogP contribution in [0, 0.1) is 0 Å². The number of nitrogens with zero attached hydrogens (tertiary/aromatic N) is 5. The number of halogens is 2. The molecule has 1 aromatic carbocycles. The zero-order chi connectivity index (χ0) is 21.1. The van der Waals surface area contributed by atoms with Gasteiger partial charge in [0.2, 0.25) is 5.95 Å². The van der Waals surface area contributed by atoms with E-state index in [1.807, 2.05) is 24.2 Å². The van der Waals surface area contributed by atoms with Gasteiger partial charge in [-0.3, -0.25) is 9.48 Å². The second-order valence-electron chi connectivity index (χ2n) is 6.92. The second kappa shape index (κ2) is 8.44. The van der Waals surface area contributed by atoms with Crippen LogP contribution in [0.3, 0.4) is 0 Å². The van der Waals surface area contributed by atoms with Crippen molar-refractivity contribution >= 4 is 11.9 Å². The third kappa shape index (κ3) is 4.37. The zero-order valence-corrected chi connectivity index (χ0v) is 16.2. The van der Waals surface area contributed by atoms with Crippen molar-refractivity contribution in [3.8, 4) is 17.0 Å². The van der Waals surface area contributed by atoms with Crippen LogP contribution in [0.15, 0.2) is 48.9 Å². The van der Waals surface area contributed by atoms with Crippen molar-refractivity contribution in [2.24, 2.45) is 7.05 Å². The molecule has 4 rings (SSSR count). The maximum absolute atomic E-state index is 12.6. The molecule has 8 nitrogen and oxygen atoms in total. The van der Waals surface area contributed by atoms with Gasteiger partial charge in [-0.05, 0) is 24.6 Å². The van der Waals surface area contributed by atoms with Crippen LogP contribution in [0.1, 0.15) is 16.8 Å². The minimum Gasteiger partial charge on any atom is -0.434 e. The molecule has 30 heavy (non-hydrogen) atoms. The Morgan fingerprint density at radius 2 is 2.13 bits per heavy atom. The van der Waals surface area contributed by atoms with Gasteiger partial charge in [-0.1, -0.05) is 12.1 Å². The van der Waals surface area contributed by atoms with Crippen LogP contribution in [0.5, 0.6) is 5.75 Å². The summed E-state index contributed by atoms with van der Waals surface area (Å²) in [5.74, 6) is -0.0370. The average molecular weight is 414 g/mol. The van der Waals surface area contributed by atoms with Crippen molar-refractivity contribution in [1.29, 1.82) is 0 Å². The molecule has 1 saturated heterocycles. The molecule has 10 heteroatoms. The highest BCUT2D eigenvalue weighted by Crippen LogP contribution is 2.23. The van der Waals surface area contributed by atoms with Gasteiger partial charge in [0.1, 0.15) is 5.75 Å². The van der Waals surface area contributed by atoms with Crippen molar-refractivity contribution in [3.63, 3.8) is 0 Å². The quantitative estimate of drug-likeness (QED) is 0.667. The highest BCUT2D eigenvalue weighted by atomic mass is 19.3. The zero-order valence-electron chi connectivity index (χ0n) is 16.2. The lowest BCUT2D eigenvalue weighted by atomic mass is 10.1. The largest absolute Gasteiger partial charge is 0.434 e. The molecule has 0 aliphatic carbocycles. The smallest absolute Gasteiger partial charge is 0.387 e. The van der Waals surface area contributed by atoms with Gasteiger partial charge in [-0.2, -0.15) is 13.9 Å². The second-order valence-corrected chi connectivity index (χ2v) is 6.92. The Labute approximate surface area is 171 Å². The molecule has 0 bridgehead atoms. The highest BCUT2D eigenvalue weighted by Gasteiger charge is 2.27.